The van der Waals surface area contributed by atoms with Gasteiger partial charge in [0.25, 0.3) is 11.1 Å². The molecule has 46 heteroatoms. The molecule has 0 amide bonds. The highest BCUT2D eigenvalue weighted by Crippen LogP contribution is 2.81. The second-order valence-electron chi connectivity index (χ2n) is 32.7. The number of anilines is 3. The number of aryl methyl sites for hydroxylation is 1. The fraction of sp³-hybridized carbons (Fsp3) is 0.686. The molecule has 23 atom stereocenters. The lowest BCUT2D eigenvalue weighted by Gasteiger charge is -2.73. The van der Waals surface area contributed by atoms with E-state index in [0.717, 1.165) is 66.0 Å². The van der Waals surface area contributed by atoms with Gasteiger partial charge in [-0.25, -0.2) is 47.9 Å². The van der Waals surface area contributed by atoms with Crippen molar-refractivity contribution in [2.24, 2.45) is 33.0 Å². The predicted molar refractivity (Wildman–Crippen MR) is 406 cm³/mol. The summed E-state index contributed by atoms with van der Waals surface area (Å²) in [6.45, 7) is 15.0. The molecule has 0 aromatic carbocycles. The summed E-state index contributed by atoms with van der Waals surface area (Å²) in [5, 5.41) is 34.2. The number of imidazole rings is 2. The van der Waals surface area contributed by atoms with E-state index in [0.29, 0.717) is 19.0 Å². The van der Waals surface area contributed by atoms with Gasteiger partial charge in [-0.1, -0.05) is 51.5 Å². The van der Waals surface area contributed by atoms with E-state index in [2.05, 4.69) is 103 Å². The first kappa shape index (κ1) is 83.8. The van der Waals surface area contributed by atoms with E-state index in [-0.39, 0.29) is 124 Å². The molecule has 3 saturated carbocycles. The number of hydrogen-bond acceptors (Lipinski definition) is 33. The summed E-state index contributed by atoms with van der Waals surface area (Å²) in [4.78, 5) is 115. The van der Waals surface area contributed by atoms with E-state index in [1.54, 1.807) is 9.25 Å². The molecule has 15 rings (SSSR count). The molecule has 7 aromatic heterocycles. The highest BCUT2D eigenvalue weighted by Gasteiger charge is 2.74. The van der Waals surface area contributed by atoms with Crippen molar-refractivity contribution in [3.63, 3.8) is 0 Å². The number of H-pyrrole nitrogens is 2. The third-order valence-electron chi connectivity index (χ3n) is 26.5. The third-order valence-corrected chi connectivity index (χ3v) is 29.5. The smallest absolute Gasteiger partial charge is 0.393 e. The molecule has 14 N–H and O–H groups in total. The van der Waals surface area contributed by atoms with Gasteiger partial charge in [-0.05, 0) is 104 Å². The molecule has 4 aliphatic carbocycles. The number of nitrogens with zero attached hydrogens (tertiary/aromatic N) is 13. The van der Waals surface area contributed by atoms with Crippen molar-refractivity contribution < 1.29 is 94.2 Å². The second kappa shape index (κ2) is 32.4. The summed E-state index contributed by atoms with van der Waals surface area (Å²) in [5.41, 5.74) is 17.6. The number of ether oxygens (including phenoxy) is 6. The zero-order valence-electron chi connectivity index (χ0n) is 65.0. The number of aromatic nitrogens is 15. The standard InChI is InChI=1S/C70H100N19O24P3/c1-37-28-87(65(95)82-61(37)92)53-24-45(112-114(96,97)104-31-47-43(91)23-52(107-47)86-17-11-51(71)79-64(86)94)49(109-53)32-105-116(100,101)113-46-26-55(89-36-78-57-60(89)80-63(73)81-62(57)93)110-50(46)33-106-115(98,99)111-44-25-54(88-35-77-56-58(72)75-34-76-59(56)88)108-48(44)30-103-21-20-102-19-18-85-29-40(83-84-85)27-74-38(2)42-10-14-68(5)67(42,4)15-16-69(6)66(3)12-9-41(90)22-39(66)8-13-70(68,69)7/h8,11,17,28-29,34-36,38,41-50,52-55,74,90-91H,9-10,12-16,18-27,30-33H2,1-7H3,(H,96,97)(H,98,99)(H,100,101)(H2,71,79,94)(H2,72,75,76)(H,82,92,95)(H3,73,80,81,93)/t38-,41?,42+,43+,44+,45+,46+,47+,48+,49+,50+,52+,53+,54+,55+,66-,67+,68+,69+,70-/m0/s1. The molecule has 11 heterocycles. The van der Waals surface area contributed by atoms with Crippen molar-refractivity contribution >= 4 is 63.4 Å². The van der Waals surface area contributed by atoms with Crippen LogP contribution >= 0.6 is 23.5 Å². The molecule has 7 aromatic rings. The van der Waals surface area contributed by atoms with Crippen LogP contribution < -0.4 is 45.0 Å². The average molecular weight is 1680 g/mol. The van der Waals surface area contributed by atoms with Crippen LogP contribution in [-0.2, 0) is 82.3 Å². The average Bonchev–Trinajstić information content (AvgIpc) is 1.35. The van der Waals surface area contributed by atoms with E-state index in [4.69, 9.17) is 72.8 Å². The normalized spacial score (nSPS) is 34.3. The SMILES string of the molecule is Cc1cn([C@H]2C[C@@H](OP(=O)(O)OC[C@H]3O[C@@H](n4ccc(N)nc4=O)C[C@H]3O)[C@@H](COP(=O)(O)O[C@@H]3C[C@H](n4cnc5c(=O)[nH]c(N)nc54)O[C@@H]3COP(=O)(O)O[C@@H]3C[C@H](n4cnc5c(N)ncnc54)O[C@@H]3COCCOCCn3cc(CN[C@@H](C)[C@H]4CC[C@@]5(C)[C@]6(C)CC=C7CC(O)CC[C@]7(C)[C@@]6(C)CC[C@]45C)nn3)O2)c(=O)[nH]c1=O. The second-order valence-corrected chi connectivity index (χ2v) is 36.9. The van der Waals surface area contributed by atoms with Crippen LogP contribution in [0.2, 0.25) is 0 Å². The van der Waals surface area contributed by atoms with Gasteiger partial charge in [0.1, 0.15) is 85.3 Å². The number of fused-ring (bicyclic) bond motifs is 7. The molecule has 634 valence electrons. The summed E-state index contributed by atoms with van der Waals surface area (Å²) < 4.78 is 119. The lowest BCUT2D eigenvalue weighted by molar-refractivity contribution is -0.221. The number of nitrogens with one attached hydrogen (secondary N) is 3. The Morgan fingerprint density at radius 1 is 0.647 bits per heavy atom. The van der Waals surface area contributed by atoms with E-state index >= 15 is 0 Å². The van der Waals surface area contributed by atoms with Crippen molar-refractivity contribution in [3.8, 4) is 0 Å². The molecule has 0 radical (unpaired) electrons. The van der Waals surface area contributed by atoms with E-state index < -0.39 is 152 Å². The number of aromatic amines is 2. The van der Waals surface area contributed by atoms with E-state index in [1.807, 2.05) is 6.20 Å². The fourth-order valence-electron chi connectivity index (χ4n) is 19.6. The number of allylic oxidation sites excluding steroid dienone is 1. The van der Waals surface area contributed by atoms with Gasteiger partial charge in [0.15, 0.2) is 22.6 Å². The molecular formula is C70H100N19O24P3. The molecule has 4 unspecified atom stereocenters. The van der Waals surface area contributed by atoms with Crippen LogP contribution in [0.4, 0.5) is 17.6 Å². The topological polar surface area (TPSA) is 581 Å². The molecule has 43 nitrogen and oxygen atoms in total. The molecular weight excluding hydrogens is 1580 g/mol. The lowest BCUT2D eigenvalue weighted by Crippen LogP contribution is -2.66. The fourth-order valence-corrected chi connectivity index (χ4v) is 22.4. The van der Waals surface area contributed by atoms with Gasteiger partial charge in [0.05, 0.1) is 83.3 Å². The van der Waals surface area contributed by atoms with Gasteiger partial charge < -0.3 is 75.8 Å². The summed E-state index contributed by atoms with van der Waals surface area (Å²) in [6.07, 6.45) is 1.66. The van der Waals surface area contributed by atoms with Crippen LogP contribution in [0.1, 0.15) is 155 Å². The van der Waals surface area contributed by atoms with Crippen molar-refractivity contribution in [3.05, 3.63) is 108 Å². The first-order chi connectivity index (χ1) is 55.0. The van der Waals surface area contributed by atoms with Crippen molar-refractivity contribution in [2.45, 2.75) is 224 Å². The van der Waals surface area contributed by atoms with E-state index in [1.165, 1.54) is 54.7 Å². The van der Waals surface area contributed by atoms with Crippen LogP contribution in [0.25, 0.3) is 22.3 Å². The molecule has 4 saturated heterocycles. The van der Waals surface area contributed by atoms with Crippen molar-refractivity contribution in [2.75, 3.05) is 63.4 Å². The number of nitrogen functional groups attached to an aromatic ring is 3. The molecule has 7 fully saturated rings. The van der Waals surface area contributed by atoms with Crippen LogP contribution in [0.15, 0.2) is 74.5 Å². The minimum Gasteiger partial charge on any atom is -0.393 e. The summed E-state index contributed by atoms with van der Waals surface area (Å²) >= 11 is 0. The van der Waals surface area contributed by atoms with Gasteiger partial charge >= 0.3 is 34.8 Å². The Morgan fingerprint density at radius 2 is 1.25 bits per heavy atom. The van der Waals surface area contributed by atoms with Gasteiger partial charge in [0, 0.05) is 62.4 Å². The van der Waals surface area contributed by atoms with Crippen molar-refractivity contribution in [1.29, 1.82) is 0 Å². The summed E-state index contributed by atoms with van der Waals surface area (Å²) in [5.74, 6) is 0.184. The van der Waals surface area contributed by atoms with Crippen LogP contribution in [-0.4, -0.2) is 205 Å². The highest BCUT2D eigenvalue weighted by molar-refractivity contribution is 7.48. The van der Waals surface area contributed by atoms with Crippen molar-refractivity contribution in [1.82, 2.24) is 78.5 Å². The summed E-state index contributed by atoms with van der Waals surface area (Å²) in [6, 6.07) is 1.56. The Morgan fingerprint density at radius 3 is 1.91 bits per heavy atom. The number of phosphoric acid groups is 3. The Bertz CT molecular complexity index is 5240. The monoisotopic (exact) mass is 1680 g/mol. The Balaban J connectivity index is 0.571. The van der Waals surface area contributed by atoms with Gasteiger partial charge in [-0.15, -0.1) is 5.10 Å². The number of hydrogen-bond donors (Lipinski definition) is 11. The van der Waals surface area contributed by atoms with E-state index in [9.17, 15) is 57.8 Å². The number of rotatable bonds is 31. The van der Waals surface area contributed by atoms with Crippen LogP contribution in [0, 0.1) is 39.9 Å². The minimum atomic E-state index is -5.46. The number of nitrogens with two attached hydrogens (primary N) is 3. The molecule has 0 spiro atoms. The lowest BCUT2D eigenvalue weighted by atomic mass is 9.31. The first-order valence-electron chi connectivity index (χ1n) is 38.7. The number of phosphoric ester groups is 3. The molecule has 8 aliphatic rings. The number of aliphatic hydroxyl groups excluding tert-OH is 2. The molecule has 116 heavy (non-hydrogen) atoms. The maximum atomic E-state index is 14.4. The zero-order chi connectivity index (χ0) is 82.4. The van der Waals surface area contributed by atoms with Crippen LogP contribution in [0.5, 0.6) is 0 Å². The maximum absolute atomic E-state index is 14.4. The predicted octanol–water partition coefficient (Wildman–Crippen LogP) is 3.75. The molecule has 0 bridgehead atoms. The molecule has 4 aliphatic heterocycles. The van der Waals surface area contributed by atoms with Gasteiger partial charge in [0.2, 0.25) is 5.95 Å². The Kier molecular flexibility index (Phi) is 23.4. The maximum Gasteiger partial charge on any atom is 0.472 e. The Hall–Kier alpha value is -7.29. The Labute approximate surface area is 662 Å². The third kappa shape index (κ3) is 16.2. The quantitative estimate of drug-likeness (QED) is 0.0167. The largest absolute Gasteiger partial charge is 0.472 e. The zero-order valence-corrected chi connectivity index (χ0v) is 67.7. The highest BCUT2D eigenvalue weighted by atomic mass is 31.2. The van der Waals surface area contributed by atoms with Gasteiger partial charge in [-0.2, -0.15) is 9.97 Å². The first-order valence-corrected chi connectivity index (χ1v) is 43.2. The van der Waals surface area contributed by atoms with Crippen LogP contribution in [0.3, 0.4) is 0 Å². The van der Waals surface area contributed by atoms with Gasteiger partial charge in [-0.3, -0.25) is 65.0 Å². The number of aliphatic hydroxyl groups is 2. The minimum absolute atomic E-state index is 0.0517. The summed E-state index contributed by atoms with van der Waals surface area (Å²) in [7, 11) is -16.0.